The predicted octanol–water partition coefficient (Wildman–Crippen LogP) is 2.42. The van der Waals surface area contributed by atoms with Crippen molar-refractivity contribution in [1.29, 1.82) is 0 Å². The Morgan fingerprint density at radius 2 is 2.04 bits per heavy atom. The van der Waals surface area contributed by atoms with E-state index in [0.717, 1.165) is 17.7 Å². The molecular formula is C16H18ClF3N4O3S. The van der Waals surface area contributed by atoms with Crippen molar-refractivity contribution in [2.75, 3.05) is 13.6 Å². The van der Waals surface area contributed by atoms with Gasteiger partial charge in [0, 0.05) is 45.4 Å². The van der Waals surface area contributed by atoms with E-state index in [9.17, 15) is 26.4 Å². The van der Waals surface area contributed by atoms with Gasteiger partial charge in [-0.3, -0.25) is 9.48 Å². The molecule has 0 aliphatic carbocycles. The molecule has 0 fully saturated rings. The number of aryl methyl sites for hydroxylation is 1. The van der Waals surface area contributed by atoms with Gasteiger partial charge in [-0.05, 0) is 18.2 Å². The Morgan fingerprint density at radius 1 is 1.36 bits per heavy atom. The number of halogens is 4. The molecule has 1 amide bonds. The smallest absolute Gasteiger partial charge is 0.341 e. The second kappa shape index (κ2) is 8.50. The lowest BCUT2D eigenvalue weighted by Crippen LogP contribution is -2.32. The molecule has 0 unspecified atom stereocenters. The van der Waals surface area contributed by atoms with Crippen molar-refractivity contribution in [1.82, 2.24) is 19.4 Å². The predicted molar refractivity (Wildman–Crippen MR) is 95.9 cm³/mol. The molecule has 1 aromatic heterocycles. The third-order valence-corrected chi connectivity index (χ3v) is 5.58. The Hall–Kier alpha value is -2.11. The Kier molecular flexibility index (Phi) is 6.73. The van der Waals surface area contributed by atoms with Crippen molar-refractivity contribution >= 4 is 27.5 Å². The van der Waals surface area contributed by atoms with E-state index in [1.54, 1.807) is 31.2 Å². The zero-order valence-electron chi connectivity index (χ0n) is 15.0. The third kappa shape index (κ3) is 5.69. The zero-order chi connectivity index (χ0) is 21.1. The number of sulfonamides is 1. The summed E-state index contributed by atoms with van der Waals surface area (Å²) in [4.78, 5) is 12.9. The van der Waals surface area contributed by atoms with Crippen LogP contribution in [0, 0.1) is 0 Å². The normalized spacial score (nSPS) is 12.2. The van der Waals surface area contributed by atoms with E-state index < -0.39 is 31.7 Å². The first-order valence-corrected chi connectivity index (χ1v) is 9.84. The van der Waals surface area contributed by atoms with Gasteiger partial charge in [-0.25, -0.2) is 13.1 Å². The van der Waals surface area contributed by atoms with Crippen LogP contribution in [-0.2, 0) is 34.6 Å². The maximum Gasteiger partial charge on any atom is 0.417 e. The summed E-state index contributed by atoms with van der Waals surface area (Å²) < 4.78 is 66.8. The van der Waals surface area contributed by atoms with E-state index in [1.807, 2.05) is 0 Å². The monoisotopic (exact) mass is 438 g/mol. The Balaban J connectivity index is 1.97. The SMILES string of the molecule is CN(Cc1cnn(C)c1)C(=O)CCNS(=O)(=O)c1ccc(Cl)c(C(F)(F)F)c1. The van der Waals surface area contributed by atoms with Crippen LogP contribution in [0.3, 0.4) is 0 Å². The van der Waals surface area contributed by atoms with Crippen LogP contribution >= 0.6 is 11.6 Å². The minimum absolute atomic E-state index is 0.157. The maximum atomic E-state index is 12.9. The molecule has 0 atom stereocenters. The van der Waals surface area contributed by atoms with Crippen molar-refractivity contribution in [3.05, 3.63) is 46.7 Å². The molecule has 1 N–H and O–H groups in total. The number of carbonyl (C=O) groups is 1. The molecule has 0 saturated heterocycles. The number of rotatable bonds is 7. The van der Waals surface area contributed by atoms with Gasteiger partial charge in [0.2, 0.25) is 15.9 Å². The highest BCUT2D eigenvalue weighted by atomic mass is 35.5. The highest BCUT2D eigenvalue weighted by Crippen LogP contribution is 2.35. The van der Waals surface area contributed by atoms with Crippen molar-refractivity contribution in [3.63, 3.8) is 0 Å². The maximum absolute atomic E-state index is 12.9. The second-order valence-corrected chi connectivity index (χ2v) is 8.23. The van der Waals surface area contributed by atoms with Crippen LogP contribution in [0.25, 0.3) is 0 Å². The van der Waals surface area contributed by atoms with Crippen molar-refractivity contribution in [3.8, 4) is 0 Å². The van der Waals surface area contributed by atoms with Crippen molar-refractivity contribution in [2.45, 2.75) is 24.0 Å². The molecule has 0 aliphatic heterocycles. The third-order valence-electron chi connectivity index (χ3n) is 3.79. The molecule has 2 aromatic rings. The van der Waals surface area contributed by atoms with E-state index >= 15 is 0 Å². The number of alkyl halides is 3. The fourth-order valence-corrected chi connectivity index (χ4v) is 3.65. The standard InChI is InChI=1S/C16H18ClF3N4O3S/c1-23(9-11-8-21-24(2)10-11)15(25)5-6-22-28(26,27)12-3-4-14(17)13(7-12)16(18,19)20/h3-4,7-8,10,22H,5-6,9H2,1-2H3. The number of amides is 1. The molecule has 1 aromatic carbocycles. The van der Waals surface area contributed by atoms with Crippen LogP contribution in [0.1, 0.15) is 17.5 Å². The molecule has 7 nitrogen and oxygen atoms in total. The summed E-state index contributed by atoms with van der Waals surface area (Å²) in [5.74, 6) is -0.335. The van der Waals surface area contributed by atoms with E-state index in [4.69, 9.17) is 11.6 Å². The quantitative estimate of drug-likeness (QED) is 0.719. The number of nitrogens with zero attached hydrogens (tertiary/aromatic N) is 3. The van der Waals surface area contributed by atoms with Crippen LogP contribution in [0.15, 0.2) is 35.5 Å². The number of nitrogens with one attached hydrogen (secondary N) is 1. The first-order chi connectivity index (χ1) is 12.9. The van der Waals surface area contributed by atoms with Gasteiger partial charge in [0.25, 0.3) is 0 Å². The average molecular weight is 439 g/mol. The second-order valence-electron chi connectivity index (χ2n) is 6.06. The molecule has 28 heavy (non-hydrogen) atoms. The number of aromatic nitrogens is 2. The highest BCUT2D eigenvalue weighted by molar-refractivity contribution is 7.89. The molecule has 0 bridgehead atoms. The minimum Gasteiger partial charge on any atom is -0.341 e. The first-order valence-electron chi connectivity index (χ1n) is 7.98. The lowest BCUT2D eigenvalue weighted by molar-refractivity contribution is -0.137. The van der Waals surface area contributed by atoms with E-state index in [0.29, 0.717) is 12.6 Å². The van der Waals surface area contributed by atoms with E-state index in [1.165, 1.54) is 4.90 Å². The Morgan fingerprint density at radius 3 is 2.61 bits per heavy atom. The fraction of sp³-hybridized carbons (Fsp3) is 0.375. The number of hydrogen-bond donors (Lipinski definition) is 1. The molecular weight excluding hydrogens is 421 g/mol. The van der Waals surface area contributed by atoms with Crippen LogP contribution in [0.2, 0.25) is 5.02 Å². The Labute approximate surface area is 165 Å². The van der Waals surface area contributed by atoms with Gasteiger partial charge in [-0.15, -0.1) is 0 Å². The number of hydrogen-bond acceptors (Lipinski definition) is 4. The van der Waals surface area contributed by atoms with Crippen molar-refractivity contribution in [2.24, 2.45) is 7.05 Å². The summed E-state index contributed by atoms with van der Waals surface area (Å²) in [6.45, 7) is 0.0358. The molecule has 1 heterocycles. The van der Waals surface area contributed by atoms with Gasteiger partial charge in [-0.1, -0.05) is 11.6 Å². The summed E-state index contributed by atoms with van der Waals surface area (Å²) in [7, 11) is -0.938. The van der Waals surface area contributed by atoms with Crippen LogP contribution < -0.4 is 4.72 Å². The summed E-state index contributed by atoms with van der Waals surface area (Å²) in [6, 6.07) is 2.29. The lowest BCUT2D eigenvalue weighted by Gasteiger charge is -2.16. The largest absolute Gasteiger partial charge is 0.417 e. The molecule has 0 spiro atoms. The molecule has 12 heteroatoms. The molecule has 0 radical (unpaired) electrons. The van der Waals surface area contributed by atoms with Gasteiger partial charge in [-0.2, -0.15) is 18.3 Å². The van der Waals surface area contributed by atoms with Gasteiger partial charge < -0.3 is 4.90 Å². The lowest BCUT2D eigenvalue weighted by atomic mass is 10.2. The minimum atomic E-state index is -4.78. The summed E-state index contributed by atoms with van der Waals surface area (Å²) in [5, 5.41) is 3.39. The molecule has 2 rings (SSSR count). The molecule has 154 valence electrons. The van der Waals surface area contributed by atoms with Gasteiger partial charge in [0.05, 0.1) is 21.7 Å². The van der Waals surface area contributed by atoms with E-state index in [-0.39, 0.29) is 18.9 Å². The summed E-state index contributed by atoms with van der Waals surface area (Å²) >= 11 is 5.49. The average Bonchev–Trinajstić information content (AvgIpc) is 2.98. The topological polar surface area (TPSA) is 84.3 Å². The van der Waals surface area contributed by atoms with Gasteiger partial charge in [0.15, 0.2) is 0 Å². The van der Waals surface area contributed by atoms with Crippen LogP contribution in [0.5, 0.6) is 0 Å². The summed E-state index contributed by atoms with van der Waals surface area (Å²) in [5.41, 5.74) is -0.441. The Bertz CT molecular complexity index is 960. The van der Waals surface area contributed by atoms with Gasteiger partial charge >= 0.3 is 6.18 Å². The van der Waals surface area contributed by atoms with Crippen LogP contribution in [-0.4, -0.2) is 42.6 Å². The molecule has 0 aliphatic rings. The van der Waals surface area contributed by atoms with Crippen LogP contribution in [0.4, 0.5) is 13.2 Å². The van der Waals surface area contributed by atoms with Gasteiger partial charge in [0.1, 0.15) is 0 Å². The highest BCUT2D eigenvalue weighted by Gasteiger charge is 2.34. The van der Waals surface area contributed by atoms with Crippen molar-refractivity contribution < 1.29 is 26.4 Å². The van der Waals surface area contributed by atoms with E-state index in [2.05, 4.69) is 9.82 Å². The zero-order valence-corrected chi connectivity index (χ0v) is 16.6. The number of benzene rings is 1. The number of carbonyl (C=O) groups excluding carboxylic acids is 1. The summed E-state index contributed by atoms with van der Waals surface area (Å²) in [6.07, 6.45) is -1.60. The first kappa shape index (κ1) is 22.2. The molecule has 0 saturated carbocycles. The fourth-order valence-electron chi connectivity index (χ4n) is 2.37.